The van der Waals surface area contributed by atoms with Gasteiger partial charge in [-0.1, -0.05) is 41.4 Å². The predicted octanol–water partition coefficient (Wildman–Crippen LogP) is 4.03. The molecule has 1 N–H and O–H groups in total. The van der Waals surface area contributed by atoms with Crippen LogP contribution in [0.1, 0.15) is 21.5 Å². The summed E-state index contributed by atoms with van der Waals surface area (Å²) in [4.78, 5) is 12.1. The first-order chi connectivity index (χ1) is 10.8. The van der Waals surface area contributed by atoms with Crippen molar-refractivity contribution in [3.05, 3.63) is 74.6 Å². The van der Waals surface area contributed by atoms with E-state index in [4.69, 9.17) is 23.2 Å². The van der Waals surface area contributed by atoms with Crippen LogP contribution < -0.4 is 4.72 Å². The normalized spacial score (nSPS) is 11.6. The topological polar surface area (TPSA) is 63.2 Å². The minimum absolute atomic E-state index is 0.240. The molecule has 0 aromatic heterocycles. The Kier molecular flexibility index (Phi) is 5.46. The zero-order valence-electron chi connectivity index (χ0n) is 12.1. The molecule has 2 rings (SSSR count). The summed E-state index contributed by atoms with van der Waals surface area (Å²) >= 11 is 11.8. The Hall–Kier alpha value is -1.82. The molecule has 0 unspecified atom stereocenters. The van der Waals surface area contributed by atoms with E-state index in [1.54, 1.807) is 37.3 Å². The van der Waals surface area contributed by atoms with Crippen molar-refractivity contribution in [1.82, 2.24) is 4.72 Å². The maximum Gasteiger partial charge on any atom is 0.265 e. The molecule has 0 aliphatic heterocycles. The number of benzene rings is 2. The smallest absolute Gasteiger partial charge is 0.265 e. The summed E-state index contributed by atoms with van der Waals surface area (Å²) in [7, 11) is -3.94. The van der Waals surface area contributed by atoms with Gasteiger partial charge in [0, 0.05) is 15.6 Å². The van der Waals surface area contributed by atoms with Gasteiger partial charge >= 0.3 is 0 Å². The SMILES string of the molecule is Cc1cc(Cl)ccc1C(=O)NS(=O)(=O)/C=C/c1ccccc1Cl. The summed E-state index contributed by atoms with van der Waals surface area (Å²) in [6, 6.07) is 11.4. The Labute approximate surface area is 144 Å². The van der Waals surface area contributed by atoms with Gasteiger partial charge in [-0.25, -0.2) is 13.1 Å². The second kappa shape index (κ2) is 7.17. The molecule has 7 heteroatoms. The molecule has 2 aromatic rings. The van der Waals surface area contributed by atoms with Gasteiger partial charge in [-0.05, 0) is 48.4 Å². The van der Waals surface area contributed by atoms with Gasteiger partial charge < -0.3 is 0 Å². The Balaban J connectivity index is 2.18. The van der Waals surface area contributed by atoms with Crippen LogP contribution in [0.5, 0.6) is 0 Å². The predicted molar refractivity (Wildman–Crippen MR) is 93.1 cm³/mol. The molecule has 0 saturated carbocycles. The molecule has 0 bridgehead atoms. The van der Waals surface area contributed by atoms with Crippen molar-refractivity contribution in [2.45, 2.75) is 6.92 Å². The molecule has 0 heterocycles. The first-order valence-corrected chi connectivity index (χ1v) is 8.84. The summed E-state index contributed by atoms with van der Waals surface area (Å²) in [6.07, 6.45) is 1.33. The average Bonchev–Trinajstić information content (AvgIpc) is 2.45. The Morgan fingerprint density at radius 2 is 1.83 bits per heavy atom. The van der Waals surface area contributed by atoms with Crippen LogP contribution in [-0.2, 0) is 10.0 Å². The van der Waals surface area contributed by atoms with E-state index < -0.39 is 15.9 Å². The number of nitrogens with one attached hydrogen (secondary N) is 1. The Morgan fingerprint density at radius 1 is 1.13 bits per heavy atom. The zero-order chi connectivity index (χ0) is 17.0. The molecule has 4 nitrogen and oxygen atoms in total. The van der Waals surface area contributed by atoms with Crippen molar-refractivity contribution in [3.63, 3.8) is 0 Å². The first kappa shape index (κ1) is 17.5. The van der Waals surface area contributed by atoms with Crippen LogP contribution in [-0.4, -0.2) is 14.3 Å². The maximum atomic E-state index is 12.1. The third kappa shape index (κ3) is 4.82. The van der Waals surface area contributed by atoms with E-state index in [1.807, 2.05) is 4.72 Å². The minimum Gasteiger partial charge on any atom is -0.268 e. The van der Waals surface area contributed by atoms with Crippen LogP contribution in [0.3, 0.4) is 0 Å². The van der Waals surface area contributed by atoms with Crippen molar-refractivity contribution >= 4 is 45.2 Å². The molecular weight excluding hydrogens is 357 g/mol. The first-order valence-electron chi connectivity index (χ1n) is 6.54. The van der Waals surface area contributed by atoms with Crippen molar-refractivity contribution in [2.75, 3.05) is 0 Å². The van der Waals surface area contributed by atoms with E-state index >= 15 is 0 Å². The molecular formula is C16H13Cl2NO3S. The van der Waals surface area contributed by atoms with Gasteiger partial charge in [0.15, 0.2) is 0 Å². The number of carbonyl (C=O) groups is 1. The number of hydrogen-bond donors (Lipinski definition) is 1. The summed E-state index contributed by atoms with van der Waals surface area (Å²) < 4.78 is 26.0. The van der Waals surface area contributed by atoms with E-state index in [0.717, 1.165) is 5.41 Å². The standard InChI is InChI=1S/C16H13Cl2NO3S/c1-11-10-13(17)6-7-14(11)16(20)19-23(21,22)9-8-12-4-2-3-5-15(12)18/h2-10H,1H3,(H,19,20)/b9-8+. The van der Waals surface area contributed by atoms with Gasteiger partial charge in [0.1, 0.15) is 0 Å². The van der Waals surface area contributed by atoms with Crippen molar-refractivity contribution in [3.8, 4) is 0 Å². The van der Waals surface area contributed by atoms with Crippen LogP contribution in [0.2, 0.25) is 10.0 Å². The summed E-state index contributed by atoms with van der Waals surface area (Å²) in [5.41, 5.74) is 1.36. The molecule has 120 valence electrons. The van der Waals surface area contributed by atoms with Gasteiger partial charge in [-0.3, -0.25) is 4.79 Å². The largest absolute Gasteiger partial charge is 0.268 e. The van der Waals surface area contributed by atoms with Crippen molar-refractivity contribution < 1.29 is 13.2 Å². The monoisotopic (exact) mass is 369 g/mol. The number of carbonyl (C=O) groups excluding carboxylic acids is 1. The molecule has 0 radical (unpaired) electrons. The van der Waals surface area contributed by atoms with Gasteiger partial charge in [0.2, 0.25) is 0 Å². The fourth-order valence-electron chi connectivity index (χ4n) is 1.87. The van der Waals surface area contributed by atoms with Gasteiger partial charge in [0.05, 0.1) is 5.41 Å². The van der Waals surface area contributed by atoms with Crippen molar-refractivity contribution in [2.24, 2.45) is 0 Å². The highest BCUT2D eigenvalue weighted by atomic mass is 35.5. The molecule has 1 amide bonds. The van der Waals surface area contributed by atoms with Gasteiger partial charge in [0.25, 0.3) is 15.9 Å². The average molecular weight is 370 g/mol. The highest BCUT2D eigenvalue weighted by molar-refractivity contribution is 7.93. The second-order valence-corrected chi connectivity index (χ2v) is 7.17. The number of hydrogen-bond acceptors (Lipinski definition) is 3. The van der Waals surface area contributed by atoms with E-state index in [2.05, 4.69) is 0 Å². The summed E-state index contributed by atoms with van der Waals surface area (Å²) in [5, 5.41) is 1.79. The minimum atomic E-state index is -3.94. The summed E-state index contributed by atoms with van der Waals surface area (Å²) in [5.74, 6) is -0.719. The lowest BCUT2D eigenvalue weighted by atomic mass is 10.1. The number of aryl methyl sites for hydroxylation is 1. The summed E-state index contributed by atoms with van der Waals surface area (Å²) in [6.45, 7) is 1.67. The van der Waals surface area contributed by atoms with Crippen LogP contribution in [0.25, 0.3) is 6.08 Å². The quantitative estimate of drug-likeness (QED) is 0.884. The maximum absolute atomic E-state index is 12.1. The molecule has 0 aliphatic rings. The van der Waals surface area contributed by atoms with Crippen LogP contribution in [0.15, 0.2) is 47.9 Å². The molecule has 0 atom stereocenters. The number of halogens is 2. The lowest BCUT2D eigenvalue weighted by Crippen LogP contribution is -2.29. The lowest BCUT2D eigenvalue weighted by Gasteiger charge is -2.06. The highest BCUT2D eigenvalue weighted by Crippen LogP contribution is 2.17. The van der Waals surface area contributed by atoms with Crippen LogP contribution in [0, 0.1) is 6.92 Å². The molecule has 0 fully saturated rings. The fraction of sp³-hybridized carbons (Fsp3) is 0.0625. The number of sulfonamides is 1. The number of amides is 1. The third-order valence-corrected chi connectivity index (χ3v) is 4.54. The van der Waals surface area contributed by atoms with Crippen LogP contribution in [0.4, 0.5) is 0 Å². The highest BCUT2D eigenvalue weighted by Gasteiger charge is 2.15. The van der Waals surface area contributed by atoms with E-state index in [0.29, 0.717) is 21.2 Å². The van der Waals surface area contributed by atoms with E-state index in [1.165, 1.54) is 18.2 Å². The van der Waals surface area contributed by atoms with Gasteiger partial charge in [-0.15, -0.1) is 0 Å². The van der Waals surface area contributed by atoms with Crippen molar-refractivity contribution in [1.29, 1.82) is 0 Å². The molecule has 23 heavy (non-hydrogen) atoms. The Bertz CT molecular complexity index is 877. The second-order valence-electron chi connectivity index (χ2n) is 4.76. The van der Waals surface area contributed by atoms with E-state index in [9.17, 15) is 13.2 Å². The third-order valence-electron chi connectivity index (χ3n) is 3.00. The lowest BCUT2D eigenvalue weighted by molar-refractivity contribution is 0.0981. The molecule has 0 aliphatic carbocycles. The Morgan fingerprint density at radius 3 is 2.48 bits per heavy atom. The molecule has 0 saturated heterocycles. The molecule has 2 aromatic carbocycles. The van der Waals surface area contributed by atoms with E-state index in [-0.39, 0.29) is 5.56 Å². The number of rotatable bonds is 4. The molecule has 0 spiro atoms. The van der Waals surface area contributed by atoms with Gasteiger partial charge in [-0.2, -0.15) is 0 Å². The van der Waals surface area contributed by atoms with Crippen LogP contribution >= 0.6 is 23.2 Å². The fourth-order valence-corrected chi connectivity index (χ4v) is 3.06. The zero-order valence-corrected chi connectivity index (χ0v) is 14.4.